The lowest BCUT2D eigenvalue weighted by Crippen LogP contribution is -2.28. The molecule has 2 aromatic rings. The van der Waals surface area contributed by atoms with Gasteiger partial charge in [-0.2, -0.15) is 4.31 Å². The van der Waals surface area contributed by atoms with Crippen molar-refractivity contribution in [2.24, 2.45) is 4.52 Å². The molecule has 0 unspecified atom stereocenters. The van der Waals surface area contributed by atoms with Crippen molar-refractivity contribution in [2.75, 3.05) is 7.11 Å². The van der Waals surface area contributed by atoms with Gasteiger partial charge in [0.05, 0.1) is 7.11 Å². The highest BCUT2D eigenvalue weighted by molar-refractivity contribution is 7.87. The highest BCUT2D eigenvalue weighted by Crippen LogP contribution is 2.18. The van der Waals surface area contributed by atoms with E-state index in [2.05, 4.69) is 9.43 Å². The Kier molecular flexibility index (Phi) is 5.59. The second-order valence-corrected chi connectivity index (χ2v) is 6.33. The van der Waals surface area contributed by atoms with Gasteiger partial charge in [-0.3, -0.25) is 0 Å². The van der Waals surface area contributed by atoms with Crippen molar-refractivity contribution >= 4 is 10.2 Å². The summed E-state index contributed by atoms with van der Waals surface area (Å²) in [6, 6.07) is 16.1. The minimum absolute atomic E-state index is 0.0975. The van der Waals surface area contributed by atoms with Crippen LogP contribution in [-0.4, -0.2) is 19.8 Å². The summed E-state index contributed by atoms with van der Waals surface area (Å²) in [7, 11) is -2.52. The molecule has 0 N–H and O–H groups in total. The van der Waals surface area contributed by atoms with E-state index in [1.165, 1.54) is 0 Å². The zero-order valence-corrected chi connectivity index (χ0v) is 13.3. The minimum Gasteiger partial charge on any atom is -0.497 e. The van der Waals surface area contributed by atoms with Crippen LogP contribution in [0.1, 0.15) is 11.1 Å². The first-order valence-corrected chi connectivity index (χ1v) is 8.18. The molecule has 0 aliphatic rings. The van der Waals surface area contributed by atoms with E-state index < -0.39 is 10.2 Å². The van der Waals surface area contributed by atoms with Crippen molar-refractivity contribution in [3.05, 3.63) is 76.2 Å². The molecule has 0 saturated carbocycles. The van der Waals surface area contributed by atoms with Gasteiger partial charge in [0.25, 0.3) is 0 Å². The SMILES string of the molecule is COc1ccc(CN(Cc2ccccc2)S(=O)(=O)N=[N+]=[N-])cc1. The van der Waals surface area contributed by atoms with Gasteiger partial charge in [-0.05, 0) is 28.8 Å². The van der Waals surface area contributed by atoms with Crippen LogP contribution in [0.4, 0.5) is 0 Å². The Morgan fingerprint density at radius 3 is 2.13 bits per heavy atom. The van der Waals surface area contributed by atoms with Gasteiger partial charge >= 0.3 is 10.2 Å². The summed E-state index contributed by atoms with van der Waals surface area (Å²) >= 11 is 0. The maximum atomic E-state index is 12.1. The van der Waals surface area contributed by atoms with Crippen molar-refractivity contribution in [3.63, 3.8) is 0 Å². The van der Waals surface area contributed by atoms with Gasteiger partial charge in [0.1, 0.15) is 5.75 Å². The van der Waals surface area contributed by atoms with E-state index in [0.29, 0.717) is 5.75 Å². The first-order valence-electron chi connectivity index (χ1n) is 6.78. The van der Waals surface area contributed by atoms with Gasteiger partial charge in [0.2, 0.25) is 0 Å². The second kappa shape index (κ2) is 7.64. The summed E-state index contributed by atoms with van der Waals surface area (Å²) in [4.78, 5) is 2.41. The highest BCUT2D eigenvalue weighted by Gasteiger charge is 2.21. The molecule has 0 spiro atoms. The van der Waals surface area contributed by atoms with Crippen LogP contribution in [0.5, 0.6) is 5.75 Å². The van der Waals surface area contributed by atoms with Crippen LogP contribution in [0.15, 0.2) is 59.1 Å². The summed E-state index contributed by atoms with van der Waals surface area (Å²) in [5.41, 5.74) is 10.1. The zero-order chi connectivity index (χ0) is 16.7. The standard InChI is InChI=1S/C15H16N4O3S/c1-22-15-9-7-14(8-10-15)12-19(23(20,21)18-17-16)11-13-5-3-2-4-6-13/h2-10H,11-12H2,1H3. The third-order valence-electron chi connectivity index (χ3n) is 3.19. The maximum Gasteiger partial charge on any atom is 0.303 e. The largest absolute Gasteiger partial charge is 0.497 e. The van der Waals surface area contributed by atoms with E-state index in [0.717, 1.165) is 15.4 Å². The van der Waals surface area contributed by atoms with E-state index in [4.69, 9.17) is 10.3 Å². The van der Waals surface area contributed by atoms with Crippen molar-refractivity contribution in [1.29, 1.82) is 0 Å². The van der Waals surface area contributed by atoms with Gasteiger partial charge in [-0.25, -0.2) is 8.42 Å². The van der Waals surface area contributed by atoms with E-state index in [-0.39, 0.29) is 13.1 Å². The maximum absolute atomic E-state index is 12.1. The number of methoxy groups -OCH3 is 1. The van der Waals surface area contributed by atoms with E-state index in [1.54, 1.807) is 31.4 Å². The molecular weight excluding hydrogens is 316 g/mol. The smallest absolute Gasteiger partial charge is 0.303 e. The Morgan fingerprint density at radius 1 is 1.04 bits per heavy atom. The Hall–Kier alpha value is -2.54. The third kappa shape index (κ3) is 4.72. The Morgan fingerprint density at radius 2 is 1.61 bits per heavy atom. The first-order chi connectivity index (χ1) is 11.0. The minimum atomic E-state index is -4.07. The highest BCUT2D eigenvalue weighted by atomic mass is 32.2. The number of nitrogens with zero attached hydrogens (tertiary/aromatic N) is 4. The van der Waals surface area contributed by atoms with E-state index in [1.807, 2.05) is 30.3 Å². The quantitative estimate of drug-likeness (QED) is 0.442. The normalized spacial score (nSPS) is 11.0. The molecule has 0 aromatic heterocycles. The van der Waals surface area contributed by atoms with Crippen LogP contribution in [0.25, 0.3) is 10.4 Å². The fourth-order valence-electron chi connectivity index (χ4n) is 2.04. The van der Waals surface area contributed by atoms with Crippen LogP contribution in [0, 0.1) is 0 Å². The first kappa shape index (κ1) is 16.8. The molecule has 0 aliphatic heterocycles. The molecule has 0 fully saturated rings. The van der Waals surface area contributed by atoms with Crippen LogP contribution >= 0.6 is 0 Å². The van der Waals surface area contributed by atoms with Crippen molar-refractivity contribution in [2.45, 2.75) is 13.1 Å². The number of azide groups is 1. The molecule has 0 amide bonds. The predicted molar refractivity (Wildman–Crippen MR) is 86.7 cm³/mol. The molecule has 8 heteroatoms. The van der Waals surface area contributed by atoms with Gasteiger partial charge in [0, 0.05) is 22.5 Å². The van der Waals surface area contributed by atoms with Crippen molar-refractivity contribution in [1.82, 2.24) is 4.31 Å². The molecule has 0 heterocycles. The fourth-order valence-corrected chi connectivity index (χ4v) is 2.86. The Balaban J connectivity index is 2.27. The predicted octanol–water partition coefficient (Wildman–Crippen LogP) is 3.25. The van der Waals surface area contributed by atoms with Crippen LogP contribution in [-0.2, 0) is 23.3 Å². The molecule has 0 bridgehead atoms. The lowest BCUT2D eigenvalue weighted by molar-refractivity contribution is 0.400. The number of hydrogen-bond donors (Lipinski definition) is 0. The summed E-state index contributed by atoms with van der Waals surface area (Å²) in [5.74, 6) is 0.682. The monoisotopic (exact) mass is 332 g/mol. The molecule has 0 saturated heterocycles. The summed E-state index contributed by atoms with van der Waals surface area (Å²) in [6.45, 7) is 0.217. The number of hydrogen-bond acceptors (Lipinski definition) is 3. The molecule has 2 rings (SSSR count). The van der Waals surface area contributed by atoms with Crippen LogP contribution in [0.2, 0.25) is 0 Å². The number of benzene rings is 2. The molecule has 0 atom stereocenters. The molecule has 2 aromatic carbocycles. The topological polar surface area (TPSA) is 95.4 Å². The van der Waals surface area contributed by atoms with E-state index >= 15 is 0 Å². The summed E-state index contributed by atoms with van der Waals surface area (Å²) in [5, 5.41) is 0. The molecule has 120 valence electrons. The lowest BCUT2D eigenvalue weighted by Gasteiger charge is -2.19. The molecule has 7 nitrogen and oxygen atoms in total. The average Bonchev–Trinajstić information content (AvgIpc) is 2.56. The van der Waals surface area contributed by atoms with Crippen molar-refractivity contribution < 1.29 is 13.2 Å². The lowest BCUT2D eigenvalue weighted by atomic mass is 10.2. The van der Waals surface area contributed by atoms with Gasteiger partial charge in [-0.15, -0.1) is 0 Å². The van der Waals surface area contributed by atoms with Gasteiger partial charge in [-0.1, -0.05) is 42.5 Å². The van der Waals surface area contributed by atoms with Gasteiger partial charge < -0.3 is 4.74 Å². The third-order valence-corrected chi connectivity index (χ3v) is 4.38. The molecular formula is C15H16N4O3S. The second-order valence-electron chi connectivity index (χ2n) is 4.75. The number of rotatable bonds is 7. The van der Waals surface area contributed by atoms with Crippen molar-refractivity contribution in [3.8, 4) is 5.75 Å². The fraction of sp³-hybridized carbons (Fsp3) is 0.200. The Bertz CT molecular complexity index is 785. The summed E-state index contributed by atoms with van der Waals surface area (Å²) in [6.07, 6.45) is 0. The zero-order valence-electron chi connectivity index (χ0n) is 12.5. The molecule has 0 aliphatic carbocycles. The van der Waals surface area contributed by atoms with Gasteiger partial charge in [0.15, 0.2) is 0 Å². The average molecular weight is 332 g/mol. The molecule has 23 heavy (non-hydrogen) atoms. The summed E-state index contributed by atoms with van der Waals surface area (Å²) < 4.78 is 33.4. The van der Waals surface area contributed by atoms with Crippen LogP contribution in [0.3, 0.4) is 0 Å². The van der Waals surface area contributed by atoms with E-state index in [9.17, 15) is 8.42 Å². The Labute approximate surface area is 134 Å². The molecule has 0 radical (unpaired) electrons. The van der Waals surface area contributed by atoms with Crippen LogP contribution < -0.4 is 4.74 Å². The number of ether oxygens (including phenoxy) is 1.